The first-order chi connectivity index (χ1) is 7.58. The Labute approximate surface area is 95.5 Å². The number of phenols is 1. The Kier molecular flexibility index (Phi) is 4.17. The van der Waals surface area contributed by atoms with Gasteiger partial charge in [0.2, 0.25) is 0 Å². The number of hydrogen-bond acceptors (Lipinski definition) is 3. The Balaban J connectivity index is 2.80. The summed E-state index contributed by atoms with van der Waals surface area (Å²) < 4.78 is 5.11. The minimum Gasteiger partial charge on any atom is -0.504 e. The Bertz CT molecular complexity index is 373. The van der Waals surface area contributed by atoms with Crippen LogP contribution in [0.2, 0.25) is 0 Å². The number of aryl methyl sites for hydroxylation is 1. The molecule has 88 valence electrons. The molecule has 4 heteroatoms. The predicted octanol–water partition coefficient (Wildman–Crippen LogP) is 2.54. The molecule has 0 radical (unpaired) electrons. The summed E-state index contributed by atoms with van der Waals surface area (Å²) in [6.07, 6.45) is -0.439. The molecule has 0 atom stereocenters. The van der Waals surface area contributed by atoms with Crippen LogP contribution in [-0.2, 0) is 0 Å². The minimum atomic E-state index is -0.439. The van der Waals surface area contributed by atoms with E-state index in [1.54, 1.807) is 17.0 Å². The molecule has 4 nitrogen and oxygen atoms in total. The van der Waals surface area contributed by atoms with Gasteiger partial charge >= 0.3 is 6.09 Å². The highest BCUT2D eigenvalue weighted by Crippen LogP contribution is 2.26. The molecule has 0 aromatic heterocycles. The lowest BCUT2D eigenvalue weighted by molar-refractivity contribution is 0.155. The molecule has 0 aliphatic carbocycles. The van der Waals surface area contributed by atoms with Gasteiger partial charge in [-0.1, -0.05) is 6.07 Å². The number of ether oxygens (including phenoxy) is 1. The quantitative estimate of drug-likeness (QED) is 0.856. The van der Waals surface area contributed by atoms with Gasteiger partial charge in [0.05, 0.1) is 0 Å². The van der Waals surface area contributed by atoms with E-state index in [1.807, 2.05) is 20.8 Å². The van der Waals surface area contributed by atoms with Gasteiger partial charge in [0.25, 0.3) is 0 Å². The van der Waals surface area contributed by atoms with Gasteiger partial charge in [-0.25, -0.2) is 4.79 Å². The fourth-order valence-corrected chi connectivity index (χ4v) is 1.34. The lowest BCUT2D eigenvalue weighted by Crippen LogP contribution is -2.33. The summed E-state index contributed by atoms with van der Waals surface area (Å²) in [5.74, 6) is 0.183. The number of aromatic hydroxyl groups is 1. The number of benzene rings is 1. The molecule has 1 N–H and O–H groups in total. The second-order valence-electron chi connectivity index (χ2n) is 3.51. The van der Waals surface area contributed by atoms with Crippen LogP contribution in [0.1, 0.15) is 19.4 Å². The second kappa shape index (κ2) is 5.39. The number of carbonyl (C=O) groups excluding carboxylic acids is 1. The van der Waals surface area contributed by atoms with Crippen LogP contribution in [0.3, 0.4) is 0 Å². The Hall–Kier alpha value is -1.71. The zero-order valence-corrected chi connectivity index (χ0v) is 9.86. The monoisotopic (exact) mass is 223 g/mol. The maximum Gasteiger partial charge on any atom is 0.415 e. The van der Waals surface area contributed by atoms with E-state index in [4.69, 9.17) is 4.74 Å². The van der Waals surface area contributed by atoms with Crippen molar-refractivity contribution in [3.8, 4) is 11.5 Å². The van der Waals surface area contributed by atoms with E-state index >= 15 is 0 Å². The third-order valence-corrected chi connectivity index (χ3v) is 2.33. The van der Waals surface area contributed by atoms with Gasteiger partial charge in [-0.2, -0.15) is 0 Å². The van der Waals surface area contributed by atoms with Gasteiger partial charge in [0.1, 0.15) is 0 Å². The van der Waals surface area contributed by atoms with Crippen molar-refractivity contribution in [3.63, 3.8) is 0 Å². The maximum atomic E-state index is 11.6. The van der Waals surface area contributed by atoms with E-state index in [9.17, 15) is 9.90 Å². The van der Waals surface area contributed by atoms with Crippen molar-refractivity contribution in [2.24, 2.45) is 0 Å². The lowest BCUT2D eigenvalue weighted by Gasteiger charge is -2.18. The zero-order valence-electron chi connectivity index (χ0n) is 9.86. The predicted molar refractivity (Wildman–Crippen MR) is 61.8 cm³/mol. The molecule has 0 fully saturated rings. The zero-order chi connectivity index (χ0) is 12.1. The molecule has 1 aromatic carbocycles. The van der Waals surface area contributed by atoms with Crippen LogP contribution < -0.4 is 4.74 Å². The third-order valence-electron chi connectivity index (χ3n) is 2.33. The molecule has 0 aliphatic rings. The molecule has 0 bridgehead atoms. The molecule has 0 saturated carbocycles. The molecule has 0 unspecified atom stereocenters. The van der Waals surface area contributed by atoms with E-state index in [1.165, 1.54) is 6.07 Å². The first-order valence-electron chi connectivity index (χ1n) is 5.34. The fraction of sp³-hybridized carbons (Fsp3) is 0.417. The number of hydrogen-bond donors (Lipinski definition) is 1. The van der Waals surface area contributed by atoms with Gasteiger partial charge in [-0.15, -0.1) is 0 Å². The topological polar surface area (TPSA) is 49.8 Å². The van der Waals surface area contributed by atoms with Crippen LogP contribution in [0.25, 0.3) is 0 Å². The van der Waals surface area contributed by atoms with Crippen molar-refractivity contribution in [2.45, 2.75) is 20.8 Å². The van der Waals surface area contributed by atoms with Crippen molar-refractivity contribution in [1.82, 2.24) is 4.90 Å². The van der Waals surface area contributed by atoms with Crippen molar-refractivity contribution in [3.05, 3.63) is 23.8 Å². The van der Waals surface area contributed by atoms with Gasteiger partial charge in [0, 0.05) is 13.1 Å². The van der Waals surface area contributed by atoms with Crippen LogP contribution in [0.4, 0.5) is 4.79 Å². The molecular formula is C12H17NO3. The third kappa shape index (κ3) is 2.89. The van der Waals surface area contributed by atoms with Crippen molar-refractivity contribution in [1.29, 1.82) is 0 Å². The highest BCUT2D eigenvalue weighted by Gasteiger charge is 2.14. The van der Waals surface area contributed by atoms with Crippen LogP contribution in [0.15, 0.2) is 18.2 Å². The van der Waals surface area contributed by atoms with Crippen LogP contribution in [0, 0.1) is 6.92 Å². The van der Waals surface area contributed by atoms with Crippen molar-refractivity contribution < 1.29 is 14.6 Å². The smallest absolute Gasteiger partial charge is 0.415 e. The first kappa shape index (κ1) is 12.4. The molecule has 1 amide bonds. The summed E-state index contributed by atoms with van der Waals surface area (Å²) in [6, 6.07) is 4.90. The van der Waals surface area contributed by atoms with E-state index in [0.717, 1.165) is 5.56 Å². The molecule has 1 rings (SSSR count). The summed E-state index contributed by atoms with van der Waals surface area (Å²) in [4.78, 5) is 13.2. The molecule has 0 heterocycles. The van der Waals surface area contributed by atoms with E-state index in [0.29, 0.717) is 13.1 Å². The van der Waals surface area contributed by atoms with E-state index < -0.39 is 6.09 Å². The van der Waals surface area contributed by atoms with E-state index in [-0.39, 0.29) is 11.5 Å². The standard InChI is InChI=1S/C12H17NO3/c1-4-13(5-2)12(15)16-11-8-9(3)6-7-10(11)14/h6-8,14H,4-5H2,1-3H3. The molecule has 0 spiro atoms. The summed E-state index contributed by atoms with van der Waals surface area (Å²) in [5, 5.41) is 9.52. The van der Waals surface area contributed by atoms with Crippen LogP contribution >= 0.6 is 0 Å². The highest BCUT2D eigenvalue weighted by atomic mass is 16.6. The van der Waals surface area contributed by atoms with Gasteiger partial charge < -0.3 is 14.7 Å². The Morgan fingerprint density at radius 2 is 2.00 bits per heavy atom. The van der Waals surface area contributed by atoms with Crippen LogP contribution in [0.5, 0.6) is 11.5 Å². The van der Waals surface area contributed by atoms with Crippen molar-refractivity contribution in [2.75, 3.05) is 13.1 Å². The first-order valence-corrected chi connectivity index (χ1v) is 5.34. The van der Waals surface area contributed by atoms with Gasteiger partial charge in [-0.3, -0.25) is 0 Å². The maximum absolute atomic E-state index is 11.6. The normalized spacial score (nSPS) is 9.94. The fourth-order valence-electron chi connectivity index (χ4n) is 1.34. The number of nitrogens with zero attached hydrogens (tertiary/aromatic N) is 1. The second-order valence-corrected chi connectivity index (χ2v) is 3.51. The average Bonchev–Trinajstić information content (AvgIpc) is 2.25. The summed E-state index contributed by atoms with van der Waals surface area (Å²) >= 11 is 0. The number of rotatable bonds is 3. The summed E-state index contributed by atoms with van der Waals surface area (Å²) in [6.45, 7) is 6.79. The summed E-state index contributed by atoms with van der Waals surface area (Å²) in [5.41, 5.74) is 0.931. The molecule has 0 aliphatic heterocycles. The molecular weight excluding hydrogens is 206 g/mol. The summed E-state index contributed by atoms with van der Waals surface area (Å²) in [7, 11) is 0. The largest absolute Gasteiger partial charge is 0.504 e. The molecule has 1 aromatic rings. The SMILES string of the molecule is CCN(CC)C(=O)Oc1cc(C)ccc1O. The minimum absolute atomic E-state index is 0.0221. The number of amides is 1. The van der Waals surface area contributed by atoms with Crippen LogP contribution in [-0.4, -0.2) is 29.2 Å². The van der Waals surface area contributed by atoms with Gasteiger partial charge in [0.15, 0.2) is 11.5 Å². The average molecular weight is 223 g/mol. The number of phenolic OH excluding ortho intramolecular Hbond substituents is 1. The Morgan fingerprint density at radius 1 is 1.38 bits per heavy atom. The van der Waals surface area contributed by atoms with Crippen molar-refractivity contribution >= 4 is 6.09 Å². The highest BCUT2D eigenvalue weighted by molar-refractivity contribution is 5.71. The Morgan fingerprint density at radius 3 is 2.56 bits per heavy atom. The molecule has 0 saturated heterocycles. The van der Waals surface area contributed by atoms with E-state index in [2.05, 4.69) is 0 Å². The number of carbonyl (C=O) groups is 1. The molecule has 16 heavy (non-hydrogen) atoms. The lowest BCUT2D eigenvalue weighted by atomic mass is 10.2. The van der Waals surface area contributed by atoms with Gasteiger partial charge in [-0.05, 0) is 38.5 Å².